The Morgan fingerprint density at radius 3 is 1.06 bits per heavy atom. The number of aromatic nitrogens is 5. The van der Waals surface area contributed by atoms with E-state index in [0.29, 0.717) is 191 Å². The molecule has 0 aliphatic heterocycles. The highest BCUT2D eigenvalue weighted by atomic mass is 16.6. The first-order valence-electron chi connectivity index (χ1n) is 28.7. The molecule has 0 aliphatic rings. The van der Waals surface area contributed by atoms with Crippen molar-refractivity contribution in [3.63, 3.8) is 0 Å². The highest BCUT2D eigenvalue weighted by Gasteiger charge is 2.19. The molecule has 0 saturated carbocycles. The summed E-state index contributed by atoms with van der Waals surface area (Å²) in [5, 5.41) is 13.1. The standard InChI is InChI=1S/C54H92N12O21/c1-64-39-43(38-44(64)53(71)58-8-5-48(68)60-45-40-65(2)51(62-45)50(56)70)59-54(72)52-63-46(41-66(52)3)61-47(67)4-7-57-49(69)42-87-37-36-86-35-34-85-33-32-84-31-30-83-29-28-82-27-26-81-25-24-80-23-22-79-21-20-78-19-18-77-17-16-76-15-14-75-13-12-74-11-10-73-9-6-55/h38-41H,4-37,42,55H2,1-3H3,(H2,56,70)(H,57,69)(H,58,71)(H,59,72)(H,60,68)(H,61,67). The molecule has 3 aromatic rings. The van der Waals surface area contributed by atoms with Gasteiger partial charge in [-0.05, 0) is 6.07 Å². The summed E-state index contributed by atoms with van der Waals surface area (Å²) in [4.78, 5) is 82.6. The van der Waals surface area contributed by atoms with E-state index in [1.54, 1.807) is 21.1 Å². The highest BCUT2D eigenvalue weighted by Crippen LogP contribution is 2.16. The summed E-state index contributed by atoms with van der Waals surface area (Å²) < 4.78 is 86.1. The number of nitrogens with two attached hydrogens (primary N) is 2. The molecule has 0 bridgehead atoms. The molecular weight excluding hydrogens is 1150 g/mol. The van der Waals surface area contributed by atoms with Gasteiger partial charge in [-0.2, -0.15) is 0 Å². The second-order valence-corrected chi connectivity index (χ2v) is 18.3. The number of anilines is 3. The fraction of sp³-hybridized carbons (Fsp3) is 0.704. The molecule has 0 atom stereocenters. The van der Waals surface area contributed by atoms with Gasteiger partial charge in [-0.1, -0.05) is 0 Å². The first-order chi connectivity index (χ1) is 42.4. The molecule has 0 aliphatic carbocycles. The van der Waals surface area contributed by atoms with Gasteiger partial charge in [-0.3, -0.25) is 28.8 Å². The molecule has 0 spiro atoms. The Bertz CT molecular complexity index is 2340. The number of amides is 6. The van der Waals surface area contributed by atoms with Crippen LogP contribution in [0.1, 0.15) is 44.6 Å². The Balaban J connectivity index is 1.00. The molecule has 33 nitrogen and oxygen atoms in total. The number of hydrogen-bond acceptors (Lipinski definition) is 24. The quantitative estimate of drug-likeness (QED) is 0.0308. The number of hydrogen-bond donors (Lipinski definition) is 7. The molecule has 33 heteroatoms. The van der Waals surface area contributed by atoms with Crippen LogP contribution < -0.4 is 38.1 Å². The van der Waals surface area contributed by atoms with Gasteiger partial charge in [0.25, 0.3) is 17.7 Å². The Morgan fingerprint density at radius 2 is 0.713 bits per heavy atom. The van der Waals surface area contributed by atoms with Gasteiger partial charge in [-0.15, -0.1) is 0 Å². The molecule has 0 unspecified atom stereocenters. The van der Waals surface area contributed by atoms with Crippen molar-refractivity contribution in [2.45, 2.75) is 12.8 Å². The SMILES string of the molecule is Cn1cc(NC(=O)c2nc(NC(=O)CCNC(=O)COCCOCCOCCOCCOCCOCCOCCOCCOCCOCCOCCOCCOCCOCCOCCN)cn2C)cc1C(=O)NCCC(=O)Nc1cn(C)c(C(N)=O)n1. The number of ether oxygens (including phenoxy) is 15. The Labute approximate surface area is 506 Å². The summed E-state index contributed by atoms with van der Waals surface area (Å²) >= 11 is 0. The van der Waals surface area contributed by atoms with Gasteiger partial charge in [0, 0.05) is 72.2 Å². The number of imidazole rings is 2. The number of nitrogens with one attached hydrogen (secondary N) is 5. The van der Waals surface area contributed by atoms with Crippen LogP contribution in [-0.4, -0.2) is 277 Å². The van der Waals surface area contributed by atoms with Crippen LogP contribution in [0, 0.1) is 0 Å². The van der Waals surface area contributed by atoms with E-state index in [1.807, 2.05) is 0 Å². The van der Waals surface area contributed by atoms with E-state index in [-0.39, 0.29) is 74.7 Å². The van der Waals surface area contributed by atoms with E-state index in [1.165, 1.54) is 38.4 Å². The highest BCUT2D eigenvalue weighted by molar-refractivity contribution is 6.04. The molecule has 0 saturated heterocycles. The van der Waals surface area contributed by atoms with E-state index in [0.717, 1.165) is 0 Å². The van der Waals surface area contributed by atoms with E-state index in [9.17, 15) is 28.8 Å². The zero-order valence-corrected chi connectivity index (χ0v) is 50.5. The summed E-state index contributed by atoms with van der Waals surface area (Å²) in [6.45, 7) is 13.2. The van der Waals surface area contributed by atoms with Gasteiger partial charge in [-0.25, -0.2) is 9.97 Å². The lowest BCUT2D eigenvalue weighted by Gasteiger charge is -2.09. The van der Waals surface area contributed by atoms with Gasteiger partial charge in [0.1, 0.15) is 12.3 Å². The second-order valence-electron chi connectivity index (χ2n) is 18.3. The molecule has 0 fully saturated rings. The number of carbonyl (C=O) groups is 6. The predicted molar refractivity (Wildman–Crippen MR) is 311 cm³/mol. The van der Waals surface area contributed by atoms with Crippen LogP contribution in [0.4, 0.5) is 17.3 Å². The lowest BCUT2D eigenvalue weighted by molar-refractivity contribution is -0.126. The summed E-state index contributed by atoms with van der Waals surface area (Å²) in [6.07, 6.45) is 4.25. The first-order valence-corrected chi connectivity index (χ1v) is 28.7. The van der Waals surface area contributed by atoms with Crippen molar-refractivity contribution in [3.05, 3.63) is 42.0 Å². The zero-order valence-electron chi connectivity index (χ0n) is 50.5. The maximum Gasteiger partial charge on any atom is 0.291 e. The van der Waals surface area contributed by atoms with Crippen LogP contribution in [0.5, 0.6) is 0 Å². The normalized spacial score (nSPS) is 11.3. The summed E-state index contributed by atoms with van der Waals surface area (Å²) in [5.41, 5.74) is 11.1. The van der Waals surface area contributed by atoms with Crippen LogP contribution in [0.3, 0.4) is 0 Å². The molecule has 3 aromatic heterocycles. The molecule has 6 amide bonds. The number of nitrogens with zero attached hydrogens (tertiary/aromatic N) is 5. The lowest BCUT2D eigenvalue weighted by atomic mass is 10.3. The lowest BCUT2D eigenvalue weighted by Crippen LogP contribution is -2.31. The third kappa shape index (κ3) is 38.0. The smallest absolute Gasteiger partial charge is 0.291 e. The van der Waals surface area contributed by atoms with E-state index in [2.05, 4.69) is 36.6 Å². The second kappa shape index (κ2) is 49.8. The fourth-order valence-electron chi connectivity index (χ4n) is 7.02. The average molecular weight is 1250 g/mol. The molecule has 0 aromatic carbocycles. The van der Waals surface area contributed by atoms with Crippen LogP contribution in [-0.2, 0) is 107 Å². The van der Waals surface area contributed by atoms with Crippen LogP contribution in [0.25, 0.3) is 0 Å². The zero-order chi connectivity index (χ0) is 62.8. The average Bonchev–Trinajstić information content (AvgIpc) is 2.35. The maximum absolute atomic E-state index is 13.1. The number of carbonyl (C=O) groups excluding carboxylic acids is 6. The van der Waals surface area contributed by atoms with E-state index < -0.39 is 35.4 Å². The summed E-state index contributed by atoms with van der Waals surface area (Å²) in [6, 6.07) is 1.45. The maximum atomic E-state index is 13.1. The molecule has 9 N–H and O–H groups in total. The van der Waals surface area contributed by atoms with Gasteiger partial charge in [0.2, 0.25) is 29.4 Å². The minimum atomic E-state index is -0.746. The van der Waals surface area contributed by atoms with Crippen LogP contribution in [0.2, 0.25) is 0 Å². The third-order valence-electron chi connectivity index (χ3n) is 11.2. The molecule has 3 rings (SSSR count). The largest absolute Gasteiger partial charge is 0.378 e. The first kappa shape index (κ1) is 75.1. The fourth-order valence-corrected chi connectivity index (χ4v) is 7.02. The number of aryl methyl sites for hydroxylation is 3. The predicted octanol–water partition coefficient (Wildman–Crippen LogP) is -1.75. The Hall–Kier alpha value is -6.12. The Kier molecular flexibility index (Phi) is 43.0. The van der Waals surface area contributed by atoms with E-state index in [4.69, 9.17) is 82.5 Å². The van der Waals surface area contributed by atoms with Crippen molar-refractivity contribution in [2.75, 3.05) is 234 Å². The minimum absolute atomic E-state index is 0.0129. The van der Waals surface area contributed by atoms with Crippen LogP contribution in [0.15, 0.2) is 24.7 Å². The number of primary amides is 1. The van der Waals surface area contributed by atoms with Gasteiger partial charge < -0.3 is 123 Å². The Morgan fingerprint density at radius 1 is 0.391 bits per heavy atom. The minimum Gasteiger partial charge on any atom is -0.378 e. The van der Waals surface area contributed by atoms with Crippen molar-refractivity contribution < 1.29 is 99.8 Å². The van der Waals surface area contributed by atoms with Crippen molar-refractivity contribution in [3.8, 4) is 0 Å². The topological polar surface area (TPSA) is 394 Å². The monoisotopic (exact) mass is 1240 g/mol. The molecule has 0 radical (unpaired) electrons. The van der Waals surface area contributed by atoms with Crippen LogP contribution >= 0.6 is 0 Å². The van der Waals surface area contributed by atoms with Crippen molar-refractivity contribution in [2.24, 2.45) is 32.6 Å². The van der Waals surface area contributed by atoms with Crippen molar-refractivity contribution in [1.82, 2.24) is 34.3 Å². The molecule has 494 valence electrons. The summed E-state index contributed by atoms with van der Waals surface area (Å²) in [7, 11) is 4.73. The van der Waals surface area contributed by atoms with Gasteiger partial charge >= 0.3 is 0 Å². The molecule has 87 heavy (non-hydrogen) atoms. The molecule has 3 heterocycles. The van der Waals surface area contributed by atoms with Gasteiger partial charge in [0.15, 0.2) is 11.6 Å². The van der Waals surface area contributed by atoms with Crippen molar-refractivity contribution in [1.29, 1.82) is 0 Å². The van der Waals surface area contributed by atoms with Crippen molar-refractivity contribution >= 4 is 52.8 Å². The molecular formula is C54H92N12O21. The third-order valence-corrected chi connectivity index (χ3v) is 11.2. The van der Waals surface area contributed by atoms with Gasteiger partial charge in [0.05, 0.1) is 197 Å². The van der Waals surface area contributed by atoms with E-state index >= 15 is 0 Å². The number of rotatable bonds is 58. The summed E-state index contributed by atoms with van der Waals surface area (Å²) in [5.74, 6) is -2.96.